The zero-order valence-corrected chi connectivity index (χ0v) is 11.2. The number of fused-ring (bicyclic) bond motifs is 2. The van der Waals surface area contributed by atoms with Crippen molar-refractivity contribution in [1.82, 2.24) is 10.3 Å². The monoisotopic (exact) mass is 273 g/mol. The van der Waals surface area contributed by atoms with Crippen molar-refractivity contribution in [1.29, 1.82) is 0 Å². The molecule has 2 N–H and O–H groups in total. The summed E-state index contributed by atoms with van der Waals surface area (Å²) in [7, 11) is 0. The number of amides is 2. The van der Waals surface area contributed by atoms with Crippen molar-refractivity contribution in [3.05, 3.63) is 23.7 Å². The van der Waals surface area contributed by atoms with Crippen molar-refractivity contribution in [2.75, 3.05) is 5.32 Å². The van der Waals surface area contributed by atoms with E-state index in [9.17, 15) is 4.79 Å². The maximum atomic E-state index is 11.9. The van der Waals surface area contributed by atoms with Crippen LogP contribution in [0.5, 0.6) is 0 Å². The number of aromatic nitrogens is 1. The fourth-order valence-electron chi connectivity index (χ4n) is 3.12. The maximum Gasteiger partial charge on any atom is 0.319 e. The second-order valence-electron chi connectivity index (χ2n) is 5.56. The van der Waals surface area contributed by atoms with E-state index in [0.717, 1.165) is 40.6 Å². The van der Waals surface area contributed by atoms with Gasteiger partial charge in [-0.2, -0.15) is 0 Å². The zero-order chi connectivity index (χ0) is 12.8. The number of benzene rings is 1. The average Bonchev–Trinajstić information content (AvgIpc) is 2.82. The van der Waals surface area contributed by atoms with Gasteiger partial charge in [-0.1, -0.05) is 0 Å². The van der Waals surface area contributed by atoms with E-state index in [4.69, 9.17) is 0 Å². The number of hydrogen-bond donors (Lipinski definition) is 2. The third-order valence-corrected chi connectivity index (χ3v) is 4.98. The average molecular weight is 273 g/mol. The topological polar surface area (TPSA) is 54.0 Å². The van der Waals surface area contributed by atoms with Crippen LogP contribution in [0.4, 0.5) is 10.5 Å². The fourth-order valence-corrected chi connectivity index (χ4v) is 3.78. The summed E-state index contributed by atoms with van der Waals surface area (Å²) in [5.74, 6) is 1.77. The van der Waals surface area contributed by atoms with E-state index < -0.39 is 0 Å². The molecule has 2 saturated carbocycles. The van der Waals surface area contributed by atoms with E-state index in [0.29, 0.717) is 6.04 Å². The van der Waals surface area contributed by atoms with Crippen LogP contribution in [0.25, 0.3) is 10.2 Å². The first-order chi connectivity index (χ1) is 9.28. The number of carbonyl (C=O) groups excluding carboxylic acids is 1. The molecule has 2 fully saturated rings. The molecule has 98 valence electrons. The molecule has 2 atom stereocenters. The van der Waals surface area contributed by atoms with Crippen LogP contribution in [0.3, 0.4) is 0 Å². The van der Waals surface area contributed by atoms with Crippen LogP contribution in [0.2, 0.25) is 0 Å². The Morgan fingerprint density at radius 3 is 2.95 bits per heavy atom. The lowest BCUT2D eigenvalue weighted by molar-refractivity contribution is 0.248. The summed E-state index contributed by atoms with van der Waals surface area (Å²) in [6, 6.07) is 6.10. The molecule has 1 heterocycles. The van der Waals surface area contributed by atoms with Gasteiger partial charge >= 0.3 is 6.03 Å². The zero-order valence-electron chi connectivity index (χ0n) is 10.4. The summed E-state index contributed by atoms with van der Waals surface area (Å²) in [6.07, 6.45) is 3.69. The molecular formula is C14H15N3OS. The Labute approximate surface area is 115 Å². The highest BCUT2D eigenvalue weighted by Crippen LogP contribution is 2.51. The van der Waals surface area contributed by atoms with E-state index in [1.165, 1.54) is 6.42 Å². The smallest absolute Gasteiger partial charge is 0.319 e. The molecule has 0 radical (unpaired) electrons. The SMILES string of the molecule is O=C(Nc1ccc2scnc2c1)NC1CC2CC2C1. The Balaban J connectivity index is 1.40. The van der Waals surface area contributed by atoms with E-state index in [2.05, 4.69) is 15.6 Å². The number of nitrogens with one attached hydrogen (secondary N) is 2. The number of thiazole rings is 1. The molecule has 1 aromatic heterocycles. The van der Waals surface area contributed by atoms with Crippen LogP contribution in [0.15, 0.2) is 23.7 Å². The number of nitrogens with zero attached hydrogens (tertiary/aromatic N) is 1. The first kappa shape index (κ1) is 11.2. The van der Waals surface area contributed by atoms with Gasteiger partial charge < -0.3 is 10.6 Å². The molecular weight excluding hydrogens is 258 g/mol. The van der Waals surface area contributed by atoms with Gasteiger partial charge in [0.1, 0.15) is 0 Å². The molecule has 5 heteroatoms. The van der Waals surface area contributed by atoms with E-state index in [-0.39, 0.29) is 6.03 Å². The first-order valence-corrected chi connectivity index (χ1v) is 7.56. The molecule has 0 bridgehead atoms. The van der Waals surface area contributed by atoms with Gasteiger partial charge in [0.25, 0.3) is 0 Å². The molecule has 2 aromatic rings. The van der Waals surface area contributed by atoms with Gasteiger partial charge in [-0.15, -0.1) is 11.3 Å². The highest BCUT2D eigenvalue weighted by atomic mass is 32.1. The summed E-state index contributed by atoms with van der Waals surface area (Å²) in [5.41, 5.74) is 3.56. The molecule has 0 saturated heterocycles. The number of hydrogen-bond acceptors (Lipinski definition) is 3. The van der Waals surface area contributed by atoms with Gasteiger partial charge in [0.15, 0.2) is 0 Å². The van der Waals surface area contributed by atoms with Gasteiger partial charge in [0.2, 0.25) is 0 Å². The minimum Gasteiger partial charge on any atom is -0.335 e. The molecule has 2 amide bonds. The molecule has 0 aliphatic heterocycles. The minimum absolute atomic E-state index is 0.0964. The summed E-state index contributed by atoms with van der Waals surface area (Å²) < 4.78 is 1.14. The van der Waals surface area contributed by atoms with Crippen LogP contribution in [0, 0.1) is 11.8 Å². The molecule has 0 spiro atoms. The standard InChI is InChI=1S/C14H15N3OS/c18-14(17-11-4-8-3-9(8)5-11)16-10-1-2-13-12(6-10)15-7-19-13/h1-2,6-9,11H,3-5H2,(H2,16,17,18). The third kappa shape index (κ3) is 2.18. The van der Waals surface area contributed by atoms with E-state index in [1.54, 1.807) is 11.3 Å². The van der Waals surface area contributed by atoms with Crippen molar-refractivity contribution >= 4 is 33.3 Å². The quantitative estimate of drug-likeness (QED) is 0.882. The lowest BCUT2D eigenvalue weighted by Crippen LogP contribution is -2.37. The first-order valence-electron chi connectivity index (χ1n) is 6.69. The van der Waals surface area contributed by atoms with Gasteiger partial charge in [-0.05, 0) is 49.3 Å². The highest BCUT2D eigenvalue weighted by Gasteiger charge is 2.46. The van der Waals surface area contributed by atoms with Crippen LogP contribution in [0.1, 0.15) is 19.3 Å². The van der Waals surface area contributed by atoms with Gasteiger partial charge in [0, 0.05) is 11.7 Å². The van der Waals surface area contributed by atoms with Crippen molar-refractivity contribution in [2.45, 2.75) is 25.3 Å². The Morgan fingerprint density at radius 1 is 1.26 bits per heavy atom. The lowest BCUT2D eigenvalue weighted by atomic mass is 10.2. The number of anilines is 1. The van der Waals surface area contributed by atoms with Crippen molar-refractivity contribution < 1.29 is 4.79 Å². The van der Waals surface area contributed by atoms with Crippen LogP contribution >= 0.6 is 11.3 Å². The van der Waals surface area contributed by atoms with Crippen molar-refractivity contribution in [2.24, 2.45) is 11.8 Å². The highest BCUT2D eigenvalue weighted by molar-refractivity contribution is 7.16. The van der Waals surface area contributed by atoms with E-state index >= 15 is 0 Å². The van der Waals surface area contributed by atoms with Gasteiger partial charge in [-0.25, -0.2) is 9.78 Å². The minimum atomic E-state index is -0.0964. The lowest BCUT2D eigenvalue weighted by Gasteiger charge is -2.14. The molecule has 2 aliphatic rings. The normalized spacial score (nSPS) is 28.1. The van der Waals surface area contributed by atoms with E-state index in [1.807, 2.05) is 23.7 Å². The second kappa shape index (κ2) is 4.20. The number of urea groups is 1. The predicted octanol–water partition coefficient (Wildman–Crippen LogP) is 3.22. The fraction of sp³-hybridized carbons (Fsp3) is 0.429. The van der Waals surface area contributed by atoms with Crippen molar-refractivity contribution in [3.8, 4) is 0 Å². The second-order valence-corrected chi connectivity index (χ2v) is 6.44. The Hall–Kier alpha value is -1.62. The predicted molar refractivity (Wildman–Crippen MR) is 76.4 cm³/mol. The molecule has 4 nitrogen and oxygen atoms in total. The van der Waals surface area contributed by atoms with Crippen LogP contribution in [-0.4, -0.2) is 17.1 Å². The largest absolute Gasteiger partial charge is 0.335 e. The maximum absolute atomic E-state index is 11.9. The Morgan fingerprint density at radius 2 is 2.11 bits per heavy atom. The Bertz CT molecular complexity index is 628. The molecule has 2 aliphatic carbocycles. The van der Waals surface area contributed by atoms with Gasteiger partial charge in [-0.3, -0.25) is 0 Å². The third-order valence-electron chi connectivity index (χ3n) is 4.17. The van der Waals surface area contributed by atoms with Crippen molar-refractivity contribution in [3.63, 3.8) is 0 Å². The van der Waals surface area contributed by atoms with Crippen LogP contribution in [-0.2, 0) is 0 Å². The molecule has 4 rings (SSSR count). The molecule has 1 aromatic carbocycles. The molecule has 2 unspecified atom stereocenters. The summed E-state index contributed by atoms with van der Waals surface area (Å²) >= 11 is 1.61. The summed E-state index contributed by atoms with van der Waals surface area (Å²) in [6.45, 7) is 0. The van der Waals surface area contributed by atoms with Gasteiger partial charge in [0.05, 0.1) is 15.7 Å². The summed E-state index contributed by atoms with van der Waals surface area (Å²) in [4.78, 5) is 16.2. The number of rotatable bonds is 2. The summed E-state index contributed by atoms with van der Waals surface area (Å²) in [5, 5.41) is 5.96. The van der Waals surface area contributed by atoms with Crippen LogP contribution < -0.4 is 10.6 Å². The Kier molecular flexibility index (Phi) is 2.48. The number of carbonyl (C=O) groups is 1. The molecule has 19 heavy (non-hydrogen) atoms.